The quantitative estimate of drug-likeness (QED) is 0.650. The molecular weight excluding hydrogens is 278 g/mol. The van der Waals surface area contributed by atoms with Crippen molar-refractivity contribution >= 4 is 17.7 Å². The van der Waals surface area contributed by atoms with Gasteiger partial charge in [0, 0.05) is 18.8 Å². The molecule has 2 bridgehead atoms. The largest absolute Gasteiger partial charge is 0.481 e. The monoisotopic (exact) mass is 295 g/mol. The van der Waals surface area contributed by atoms with Gasteiger partial charge in [0.1, 0.15) is 0 Å². The van der Waals surface area contributed by atoms with E-state index in [9.17, 15) is 9.59 Å². The van der Waals surface area contributed by atoms with Crippen molar-refractivity contribution in [2.75, 3.05) is 25.4 Å². The molecule has 7 heteroatoms. The van der Waals surface area contributed by atoms with Gasteiger partial charge in [0.2, 0.25) is 0 Å². The van der Waals surface area contributed by atoms with E-state index in [0.717, 1.165) is 31.4 Å². The average molecular weight is 295 g/mol. The lowest BCUT2D eigenvalue weighted by molar-refractivity contribution is -0.133. The fourth-order valence-corrected chi connectivity index (χ4v) is 3.88. The van der Waals surface area contributed by atoms with Crippen molar-refractivity contribution in [3.8, 4) is 0 Å². The Morgan fingerprint density at radius 1 is 1.45 bits per heavy atom. The molecule has 3 saturated heterocycles. The first-order chi connectivity index (χ1) is 9.63. The molecule has 1 aromatic heterocycles. The van der Waals surface area contributed by atoms with Crippen LogP contribution in [0.1, 0.15) is 18.9 Å². The van der Waals surface area contributed by atoms with Crippen LogP contribution in [0.5, 0.6) is 0 Å². The molecule has 4 heterocycles. The van der Waals surface area contributed by atoms with Crippen LogP contribution < -0.4 is 5.56 Å². The van der Waals surface area contributed by atoms with E-state index in [-0.39, 0.29) is 11.3 Å². The number of piperidine rings is 3. The minimum absolute atomic E-state index is 0.0719. The first-order valence-corrected chi connectivity index (χ1v) is 7.78. The van der Waals surface area contributed by atoms with Crippen LogP contribution >= 0.6 is 11.8 Å². The van der Waals surface area contributed by atoms with Crippen LogP contribution in [-0.2, 0) is 4.79 Å². The summed E-state index contributed by atoms with van der Waals surface area (Å²) in [6.45, 7) is 3.26. The van der Waals surface area contributed by atoms with Crippen LogP contribution in [0.25, 0.3) is 0 Å². The minimum atomic E-state index is -0.895. The van der Waals surface area contributed by atoms with E-state index in [0.29, 0.717) is 17.1 Å². The van der Waals surface area contributed by atoms with E-state index in [1.54, 1.807) is 6.20 Å². The van der Waals surface area contributed by atoms with Crippen LogP contribution in [0.15, 0.2) is 22.2 Å². The normalized spacial score (nSPS) is 28.5. The standard InChI is InChI=1S/C13H17N3O3S/c17-11-3-6-16(13(14-11)20-8-12(18)19)10-7-15-4-1-9(10)2-5-15/h3,6,9-10H,1-2,4-5,7-8H2,(H,18,19). The smallest absolute Gasteiger partial charge is 0.313 e. The maximum Gasteiger partial charge on any atom is 0.313 e. The molecule has 3 aliphatic rings. The van der Waals surface area contributed by atoms with Crippen molar-refractivity contribution < 1.29 is 9.90 Å². The van der Waals surface area contributed by atoms with Gasteiger partial charge in [-0.1, -0.05) is 11.8 Å². The number of rotatable bonds is 4. The molecule has 0 radical (unpaired) electrons. The number of fused-ring (bicyclic) bond motifs is 3. The number of carboxylic acids is 1. The molecule has 1 aromatic rings. The van der Waals surface area contributed by atoms with Gasteiger partial charge in [-0.3, -0.25) is 9.59 Å². The molecule has 0 spiro atoms. The fourth-order valence-electron chi connectivity index (χ4n) is 3.13. The van der Waals surface area contributed by atoms with Crippen molar-refractivity contribution in [2.24, 2.45) is 5.92 Å². The van der Waals surface area contributed by atoms with Gasteiger partial charge in [0.15, 0.2) is 5.16 Å². The Hall–Kier alpha value is -1.34. The zero-order valence-electron chi connectivity index (χ0n) is 11.1. The third kappa shape index (κ3) is 2.73. The summed E-state index contributed by atoms with van der Waals surface area (Å²) in [5.41, 5.74) is -0.310. The van der Waals surface area contributed by atoms with E-state index in [2.05, 4.69) is 9.88 Å². The minimum Gasteiger partial charge on any atom is -0.481 e. The number of aliphatic carboxylic acids is 1. The maximum absolute atomic E-state index is 11.4. The number of hydrogen-bond donors (Lipinski definition) is 1. The lowest BCUT2D eigenvalue weighted by Crippen LogP contribution is -2.48. The summed E-state index contributed by atoms with van der Waals surface area (Å²) in [7, 11) is 0. The number of carbonyl (C=O) groups is 1. The highest BCUT2D eigenvalue weighted by molar-refractivity contribution is 7.99. The topological polar surface area (TPSA) is 75.4 Å². The molecular formula is C13H17N3O3S. The van der Waals surface area contributed by atoms with Crippen LogP contribution in [0.4, 0.5) is 0 Å². The molecule has 20 heavy (non-hydrogen) atoms. The predicted octanol–water partition coefficient (Wildman–Crippen LogP) is 0.687. The Labute approximate surface area is 120 Å². The molecule has 1 N–H and O–H groups in total. The molecule has 108 valence electrons. The van der Waals surface area contributed by atoms with E-state index >= 15 is 0 Å². The maximum atomic E-state index is 11.4. The first-order valence-electron chi connectivity index (χ1n) is 6.79. The fraction of sp³-hybridized carbons (Fsp3) is 0.615. The lowest BCUT2D eigenvalue weighted by Gasteiger charge is -2.45. The second-order valence-corrected chi connectivity index (χ2v) is 6.29. The molecule has 3 fully saturated rings. The van der Waals surface area contributed by atoms with Crippen molar-refractivity contribution in [1.82, 2.24) is 14.5 Å². The number of aromatic nitrogens is 2. The molecule has 0 aliphatic carbocycles. The summed E-state index contributed by atoms with van der Waals surface area (Å²) in [6.07, 6.45) is 4.10. The zero-order valence-corrected chi connectivity index (χ0v) is 11.9. The van der Waals surface area contributed by atoms with E-state index < -0.39 is 5.97 Å². The van der Waals surface area contributed by atoms with Gasteiger partial charge in [0.25, 0.3) is 5.56 Å². The number of hydrogen-bond acceptors (Lipinski definition) is 5. The summed E-state index contributed by atoms with van der Waals surface area (Å²) in [5.74, 6) is -0.362. The molecule has 0 amide bonds. The van der Waals surface area contributed by atoms with Gasteiger partial charge in [-0.15, -0.1) is 0 Å². The third-order valence-corrected chi connectivity index (χ3v) is 5.06. The van der Waals surface area contributed by atoms with Crippen LogP contribution in [-0.4, -0.2) is 50.9 Å². The van der Waals surface area contributed by atoms with Crippen molar-refractivity contribution in [3.63, 3.8) is 0 Å². The zero-order chi connectivity index (χ0) is 14.1. The molecule has 0 aromatic carbocycles. The second kappa shape index (κ2) is 5.57. The Bertz CT molecular complexity index is 566. The van der Waals surface area contributed by atoms with Crippen LogP contribution in [0.3, 0.4) is 0 Å². The van der Waals surface area contributed by atoms with Crippen LogP contribution in [0.2, 0.25) is 0 Å². The molecule has 4 rings (SSSR count). The summed E-state index contributed by atoms with van der Waals surface area (Å²) in [6, 6.07) is 1.77. The van der Waals surface area contributed by atoms with Gasteiger partial charge in [-0.25, -0.2) is 0 Å². The average Bonchev–Trinajstić information content (AvgIpc) is 2.46. The highest BCUT2D eigenvalue weighted by atomic mass is 32.2. The number of nitrogens with zero attached hydrogens (tertiary/aromatic N) is 3. The summed E-state index contributed by atoms with van der Waals surface area (Å²) < 4.78 is 2.00. The van der Waals surface area contributed by atoms with Gasteiger partial charge < -0.3 is 14.6 Å². The van der Waals surface area contributed by atoms with Crippen LogP contribution in [0, 0.1) is 5.92 Å². The van der Waals surface area contributed by atoms with E-state index in [1.807, 2.05) is 4.57 Å². The SMILES string of the molecule is O=C(O)CSc1nc(=O)ccn1C1CN2CCC1CC2. The summed E-state index contributed by atoms with van der Waals surface area (Å²) in [5, 5.41) is 9.33. The Morgan fingerprint density at radius 2 is 2.20 bits per heavy atom. The van der Waals surface area contributed by atoms with E-state index in [1.165, 1.54) is 18.9 Å². The van der Waals surface area contributed by atoms with Gasteiger partial charge in [0.05, 0.1) is 11.8 Å². The molecule has 0 saturated carbocycles. The lowest BCUT2D eigenvalue weighted by atomic mass is 9.84. The van der Waals surface area contributed by atoms with Gasteiger partial charge >= 0.3 is 5.97 Å². The van der Waals surface area contributed by atoms with Gasteiger partial charge in [-0.2, -0.15) is 4.98 Å². The second-order valence-electron chi connectivity index (χ2n) is 5.34. The Kier molecular flexibility index (Phi) is 3.80. The van der Waals surface area contributed by atoms with Crippen molar-refractivity contribution in [3.05, 3.63) is 22.6 Å². The first kappa shape index (κ1) is 13.6. The third-order valence-electron chi connectivity index (χ3n) is 4.11. The predicted molar refractivity (Wildman–Crippen MR) is 75.1 cm³/mol. The Morgan fingerprint density at radius 3 is 2.80 bits per heavy atom. The number of thioether (sulfide) groups is 1. The highest BCUT2D eigenvalue weighted by Crippen LogP contribution is 2.36. The van der Waals surface area contributed by atoms with Gasteiger partial charge in [-0.05, 0) is 31.8 Å². The molecule has 3 aliphatic heterocycles. The van der Waals surface area contributed by atoms with Crippen molar-refractivity contribution in [2.45, 2.75) is 24.0 Å². The number of carboxylic acid groups (broad SMARTS) is 1. The van der Waals surface area contributed by atoms with E-state index in [4.69, 9.17) is 5.11 Å². The molecule has 1 atom stereocenters. The summed E-state index contributed by atoms with van der Waals surface area (Å²) in [4.78, 5) is 28.6. The molecule has 6 nitrogen and oxygen atoms in total. The van der Waals surface area contributed by atoms with Crippen molar-refractivity contribution in [1.29, 1.82) is 0 Å². The Balaban J connectivity index is 1.88. The summed E-state index contributed by atoms with van der Waals surface area (Å²) >= 11 is 1.12. The highest BCUT2D eigenvalue weighted by Gasteiger charge is 2.35. The molecule has 1 unspecified atom stereocenters.